The molecule has 110 valence electrons. The Morgan fingerprint density at radius 3 is 2.90 bits per heavy atom. The van der Waals surface area contributed by atoms with Crippen LogP contribution in [0.25, 0.3) is 11.0 Å². The van der Waals surface area contributed by atoms with Crippen molar-refractivity contribution in [2.24, 2.45) is 0 Å². The van der Waals surface area contributed by atoms with Gasteiger partial charge in [0, 0.05) is 35.9 Å². The first-order valence-electron chi connectivity index (χ1n) is 7.67. The van der Waals surface area contributed by atoms with Gasteiger partial charge in [-0.05, 0) is 44.9 Å². The average molecular weight is 284 g/mol. The van der Waals surface area contributed by atoms with Gasteiger partial charge in [0.2, 0.25) is 0 Å². The first kappa shape index (κ1) is 12.8. The first-order valence-corrected chi connectivity index (χ1v) is 7.67. The molecule has 5 nitrogen and oxygen atoms in total. The van der Waals surface area contributed by atoms with Crippen LogP contribution in [-0.2, 0) is 0 Å². The highest BCUT2D eigenvalue weighted by molar-refractivity contribution is 6.05. The molecule has 2 N–H and O–H groups in total. The molecule has 2 bridgehead atoms. The van der Waals surface area contributed by atoms with Crippen LogP contribution >= 0.6 is 0 Å². The van der Waals surface area contributed by atoms with E-state index in [0.29, 0.717) is 23.7 Å². The van der Waals surface area contributed by atoms with Gasteiger partial charge in [-0.1, -0.05) is 0 Å². The Hall–Kier alpha value is -1.88. The number of amides is 1. The molecular weight excluding hydrogens is 264 g/mol. The third kappa shape index (κ3) is 2.12. The minimum absolute atomic E-state index is 0.0169. The van der Waals surface area contributed by atoms with Crippen LogP contribution in [0.2, 0.25) is 0 Å². The van der Waals surface area contributed by atoms with Crippen LogP contribution in [0.15, 0.2) is 24.5 Å². The fourth-order valence-electron chi connectivity index (χ4n) is 3.94. The molecule has 21 heavy (non-hydrogen) atoms. The zero-order valence-corrected chi connectivity index (χ0v) is 12.2. The summed E-state index contributed by atoms with van der Waals surface area (Å²) in [5.41, 5.74) is 1.47. The van der Waals surface area contributed by atoms with Gasteiger partial charge in [-0.15, -0.1) is 0 Å². The van der Waals surface area contributed by atoms with E-state index in [0.717, 1.165) is 23.9 Å². The number of carbonyl (C=O) groups excluding carboxylic acids is 1. The third-order valence-corrected chi connectivity index (χ3v) is 5.13. The second-order valence-corrected chi connectivity index (χ2v) is 6.29. The lowest BCUT2D eigenvalue weighted by molar-refractivity contribution is 0.0884. The van der Waals surface area contributed by atoms with Gasteiger partial charge in [0.25, 0.3) is 5.91 Å². The van der Waals surface area contributed by atoms with Crippen molar-refractivity contribution in [3.63, 3.8) is 0 Å². The lowest BCUT2D eigenvalue weighted by Gasteiger charge is -2.36. The number of aromatic nitrogens is 2. The van der Waals surface area contributed by atoms with E-state index in [1.165, 1.54) is 12.8 Å². The number of carbonyl (C=O) groups is 1. The third-order valence-electron chi connectivity index (χ3n) is 5.13. The molecule has 0 aromatic carbocycles. The number of aromatic amines is 1. The fourth-order valence-corrected chi connectivity index (χ4v) is 3.94. The first-order chi connectivity index (χ1) is 10.2. The lowest BCUT2D eigenvalue weighted by atomic mass is 9.97. The van der Waals surface area contributed by atoms with Gasteiger partial charge in [-0.25, -0.2) is 4.98 Å². The molecule has 5 heteroatoms. The van der Waals surface area contributed by atoms with Crippen molar-refractivity contribution >= 4 is 16.9 Å². The van der Waals surface area contributed by atoms with Crippen molar-refractivity contribution in [3.05, 3.63) is 30.1 Å². The smallest absolute Gasteiger partial charge is 0.253 e. The maximum absolute atomic E-state index is 12.5. The van der Waals surface area contributed by atoms with Crippen molar-refractivity contribution in [2.45, 2.75) is 43.8 Å². The van der Waals surface area contributed by atoms with Gasteiger partial charge < -0.3 is 15.2 Å². The molecule has 4 heterocycles. The number of fused-ring (bicyclic) bond motifs is 3. The summed E-state index contributed by atoms with van der Waals surface area (Å²) in [5, 5.41) is 4.12. The summed E-state index contributed by atoms with van der Waals surface area (Å²) in [4.78, 5) is 22.3. The van der Waals surface area contributed by atoms with Gasteiger partial charge >= 0.3 is 0 Å². The topological polar surface area (TPSA) is 61.0 Å². The normalized spacial score (nSPS) is 28.9. The monoisotopic (exact) mass is 284 g/mol. The summed E-state index contributed by atoms with van der Waals surface area (Å²) >= 11 is 0. The number of rotatable bonds is 2. The Labute approximate surface area is 123 Å². The minimum atomic E-state index is 0.0169. The summed E-state index contributed by atoms with van der Waals surface area (Å²) in [6.07, 6.45) is 8.17. The molecule has 0 radical (unpaired) electrons. The molecule has 2 saturated heterocycles. The Bertz CT molecular complexity index is 666. The van der Waals surface area contributed by atoms with Gasteiger partial charge in [-0.2, -0.15) is 0 Å². The van der Waals surface area contributed by atoms with E-state index in [4.69, 9.17) is 0 Å². The SMILES string of the molecule is CN1[C@@H]2CC[C@H]1CC(NC(=O)c1c[nH]c3ncccc13)C2. The van der Waals surface area contributed by atoms with E-state index in [1.807, 2.05) is 12.1 Å². The summed E-state index contributed by atoms with van der Waals surface area (Å²) in [5.74, 6) is 0.0169. The molecular formula is C16H20N4O. The van der Waals surface area contributed by atoms with Gasteiger partial charge in [0.05, 0.1) is 5.56 Å². The highest BCUT2D eigenvalue weighted by atomic mass is 16.1. The van der Waals surface area contributed by atoms with E-state index in [1.54, 1.807) is 12.4 Å². The number of hydrogen-bond donors (Lipinski definition) is 2. The second kappa shape index (κ2) is 4.84. The molecule has 4 rings (SSSR count). The lowest BCUT2D eigenvalue weighted by Crippen LogP contribution is -2.48. The quantitative estimate of drug-likeness (QED) is 0.885. The van der Waals surface area contributed by atoms with Crippen LogP contribution in [0.1, 0.15) is 36.0 Å². The molecule has 1 amide bonds. The molecule has 2 aromatic rings. The Morgan fingerprint density at radius 1 is 1.38 bits per heavy atom. The van der Waals surface area contributed by atoms with E-state index < -0.39 is 0 Å². The maximum atomic E-state index is 12.5. The number of pyridine rings is 1. The second-order valence-electron chi connectivity index (χ2n) is 6.29. The Kier molecular flexibility index (Phi) is 2.96. The summed E-state index contributed by atoms with van der Waals surface area (Å²) < 4.78 is 0. The summed E-state index contributed by atoms with van der Waals surface area (Å²) in [6, 6.07) is 5.37. The standard InChI is InChI=1S/C16H20N4O/c1-20-11-4-5-12(20)8-10(7-11)19-16(21)14-9-18-15-13(14)3-2-6-17-15/h2-3,6,9-12H,4-5,7-8H2,1H3,(H,17,18)(H,19,21)/t10?,11-,12+. The highest BCUT2D eigenvalue weighted by Crippen LogP contribution is 2.34. The fraction of sp³-hybridized carbons (Fsp3) is 0.500. The summed E-state index contributed by atoms with van der Waals surface area (Å²) in [6.45, 7) is 0. The molecule has 2 aliphatic rings. The molecule has 2 aliphatic heterocycles. The zero-order chi connectivity index (χ0) is 14.4. The van der Waals surface area contributed by atoms with Crippen LogP contribution in [0.4, 0.5) is 0 Å². The Balaban J connectivity index is 1.51. The van der Waals surface area contributed by atoms with Gasteiger partial charge in [-0.3, -0.25) is 4.79 Å². The van der Waals surface area contributed by atoms with E-state index >= 15 is 0 Å². The Morgan fingerprint density at radius 2 is 2.14 bits per heavy atom. The predicted octanol–water partition coefficient (Wildman–Crippen LogP) is 1.92. The largest absolute Gasteiger partial charge is 0.349 e. The van der Waals surface area contributed by atoms with Gasteiger partial charge in [0.1, 0.15) is 5.65 Å². The minimum Gasteiger partial charge on any atom is -0.349 e. The number of hydrogen-bond acceptors (Lipinski definition) is 3. The average Bonchev–Trinajstić information content (AvgIpc) is 2.98. The van der Waals surface area contributed by atoms with Crippen LogP contribution < -0.4 is 5.32 Å². The molecule has 0 spiro atoms. The molecule has 1 unspecified atom stereocenters. The predicted molar refractivity (Wildman–Crippen MR) is 81.2 cm³/mol. The van der Waals surface area contributed by atoms with Crippen LogP contribution in [0, 0.1) is 0 Å². The van der Waals surface area contributed by atoms with Crippen molar-refractivity contribution in [1.82, 2.24) is 20.2 Å². The number of H-pyrrole nitrogens is 1. The van der Waals surface area contributed by atoms with E-state index in [-0.39, 0.29) is 5.91 Å². The zero-order valence-electron chi connectivity index (χ0n) is 12.2. The van der Waals surface area contributed by atoms with Crippen LogP contribution in [0.5, 0.6) is 0 Å². The number of nitrogens with one attached hydrogen (secondary N) is 2. The molecule has 2 fully saturated rings. The molecule has 0 aliphatic carbocycles. The highest BCUT2D eigenvalue weighted by Gasteiger charge is 2.38. The number of nitrogens with zero attached hydrogens (tertiary/aromatic N) is 2. The maximum Gasteiger partial charge on any atom is 0.253 e. The van der Waals surface area contributed by atoms with Crippen molar-refractivity contribution in [1.29, 1.82) is 0 Å². The molecule has 3 atom stereocenters. The molecule has 0 saturated carbocycles. The van der Waals surface area contributed by atoms with Crippen molar-refractivity contribution in [2.75, 3.05) is 7.05 Å². The van der Waals surface area contributed by atoms with Gasteiger partial charge in [0.15, 0.2) is 0 Å². The number of piperidine rings is 1. The van der Waals surface area contributed by atoms with E-state index in [2.05, 4.69) is 27.2 Å². The summed E-state index contributed by atoms with van der Waals surface area (Å²) in [7, 11) is 2.21. The van der Waals surface area contributed by atoms with Crippen molar-refractivity contribution in [3.8, 4) is 0 Å². The van der Waals surface area contributed by atoms with Crippen LogP contribution in [0.3, 0.4) is 0 Å². The van der Waals surface area contributed by atoms with E-state index in [9.17, 15) is 4.79 Å². The molecule has 2 aromatic heterocycles. The van der Waals surface area contributed by atoms with Crippen LogP contribution in [-0.4, -0.2) is 45.9 Å². The van der Waals surface area contributed by atoms with Crippen molar-refractivity contribution < 1.29 is 4.79 Å².